The molecule has 0 aromatic heterocycles. The van der Waals surface area contributed by atoms with Gasteiger partial charge in [0.25, 0.3) is 0 Å². The number of fused-ring (bicyclic) bond motifs is 1. The van der Waals surface area contributed by atoms with E-state index in [1.807, 2.05) is 0 Å². The summed E-state index contributed by atoms with van der Waals surface area (Å²) in [6, 6.07) is 16.2. The normalized spacial score (nSPS) is 25.8. The second-order valence-corrected chi connectivity index (χ2v) is 6.21. The molecule has 1 aliphatic heterocycles. The van der Waals surface area contributed by atoms with Crippen LogP contribution < -0.4 is 5.73 Å². The minimum Gasteiger partial charge on any atom is -0.327 e. The first kappa shape index (κ1) is 13.6. The van der Waals surface area contributed by atoms with E-state index in [1.54, 1.807) is 0 Å². The molecular formula is C18H24N2. The number of nitrogens with zero attached hydrogens (tertiary/aromatic N) is 1. The van der Waals surface area contributed by atoms with E-state index >= 15 is 0 Å². The zero-order valence-electron chi connectivity index (χ0n) is 12.4. The zero-order valence-corrected chi connectivity index (χ0v) is 12.4. The third-order valence-corrected chi connectivity index (χ3v) is 4.81. The summed E-state index contributed by atoms with van der Waals surface area (Å²) < 4.78 is 0. The van der Waals surface area contributed by atoms with Crippen LogP contribution in [0.25, 0.3) is 10.8 Å². The molecule has 1 aliphatic rings. The van der Waals surface area contributed by atoms with E-state index in [4.69, 9.17) is 5.73 Å². The summed E-state index contributed by atoms with van der Waals surface area (Å²) >= 11 is 0. The number of nitrogens with two attached hydrogens (primary N) is 1. The third kappa shape index (κ3) is 2.58. The van der Waals surface area contributed by atoms with Crippen molar-refractivity contribution < 1.29 is 0 Å². The summed E-state index contributed by atoms with van der Waals surface area (Å²) in [5.41, 5.74) is 7.54. The van der Waals surface area contributed by atoms with Gasteiger partial charge in [-0.1, -0.05) is 43.3 Å². The molecule has 0 radical (unpaired) electrons. The highest BCUT2D eigenvalue weighted by Gasteiger charge is 2.26. The van der Waals surface area contributed by atoms with Gasteiger partial charge in [0, 0.05) is 25.2 Å². The number of hydrogen-bond acceptors (Lipinski definition) is 2. The maximum atomic E-state index is 6.13. The lowest BCUT2D eigenvalue weighted by atomic mass is 9.92. The standard InChI is InChI=1S/C18H24N2/c1-13-12-20(10-9-18(13)19)14(2)16-8-7-15-5-3-4-6-17(15)11-16/h3-8,11,13-14,18H,9-10,12,19H2,1-2H3. The van der Waals surface area contributed by atoms with Crippen LogP contribution in [0, 0.1) is 5.92 Å². The summed E-state index contributed by atoms with van der Waals surface area (Å²) in [5, 5.41) is 2.65. The lowest BCUT2D eigenvalue weighted by Crippen LogP contribution is -2.46. The second kappa shape index (κ2) is 5.55. The fraction of sp³-hybridized carbons (Fsp3) is 0.444. The van der Waals surface area contributed by atoms with Crippen molar-refractivity contribution in [2.75, 3.05) is 13.1 Å². The smallest absolute Gasteiger partial charge is 0.0320 e. The molecule has 0 spiro atoms. The Kier molecular flexibility index (Phi) is 3.77. The SMILES string of the molecule is CC1CN(C(C)c2ccc3ccccc3c2)CCC1N. The molecule has 2 nitrogen and oxygen atoms in total. The van der Waals surface area contributed by atoms with Gasteiger partial charge in [-0.3, -0.25) is 4.90 Å². The molecule has 20 heavy (non-hydrogen) atoms. The summed E-state index contributed by atoms with van der Waals surface area (Å²) in [6.45, 7) is 6.80. The van der Waals surface area contributed by atoms with Crippen LogP contribution in [-0.4, -0.2) is 24.0 Å². The minimum absolute atomic E-state index is 0.370. The van der Waals surface area contributed by atoms with Crippen molar-refractivity contribution in [3.8, 4) is 0 Å². The van der Waals surface area contributed by atoms with Crippen LogP contribution in [0.1, 0.15) is 31.9 Å². The molecule has 0 amide bonds. The van der Waals surface area contributed by atoms with E-state index in [-0.39, 0.29) is 0 Å². The molecule has 1 heterocycles. The lowest BCUT2D eigenvalue weighted by Gasteiger charge is -2.39. The zero-order chi connectivity index (χ0) is 14.1. The van der Waals surface area contributed by atoms with Crippen LogP contribution in [0.5, 0.6) is 0 Å². The Morgan fingerprint density at radius 2 is 1.90 bits per heavy atom. The largest absolute Gasteiger partial charge is 0.327 e. The Labute approximate surface area is 121 Å². The van der Waals surface area contributed by atoms with Crippen LogP contribution in [0.2, 0.25) is 0 Å². The molecule has 0 saturated carbocycles. The molecule has 3 atom stereocenters. The van der Waals surface area contributed by atoms with E-state index in [0.717, 1.165) is 19.5 Å². The molecule has 2 aromatic rings. The Bertz CT molecular complexity index is 593. The van der Waals surface area contributed by atoms with Crippen molar-refractivity contribution in [2.24, 2.45) is 11.7 Å². The fourth-order valence-electron chi connectivity index (χ4n) is 3.23. The average molecular weight is 268 g/mol. The van der Waals surface area contributed by atoms with E-state index in [1.165, 1.54) is 16.3 Å². The van der Waals surface area contributed by atoms with Crippen molar-refractivity contribution in [3.05, 3.63) is 48.0 Å². The van der Waals surface area contributed by atoms with Gasteiger partial charge in [-0.15, -0.1) is 0 Å². The predicted octanol–water partition coefficient (Wildman–Crippen LogP) is 3.57. The van der Waals surface area contributed by atoms with Crippen LogP contribution in [0.15, 0.2) is 42.5 Å². The highest BCUT2D eigenvalue weighted by Crippen LogP contribution is 2.28. The van der Waals surface area contributed by atoms with Gasteiger partial charge in [0.2, 0.25) is 0 Å². The Morgan fingerprint density at radius 1 is 1.15 bits per heavy atom. The van der Waals surface area contributed by atoms with Gasteiger partial charge in [-0.25, -0.2) is 0 Å². The van der Waals surface area contributed by atoms with Crippen molar-refractivity contribution in [1.82, 2.24) is 4.90 Å². The van der Waals surface area contributed by atoms with Gasteiger partial charge in [0.05, 0.1) is 0 Å². The average Bonchev–Trinajstić information content (AvgIpc) is 2.49. The highest BCUT2D eigenvalue weighted by atomic mass is 15.2. The number of likely N-dealkylation sites (tertiary alicyclic amines) is 1. The summed E-state index contributed by atoms with van der Waals surface area (Å²) in [4.78, 5) is 2.57. The van der Waals surface area contributed by atoms with Gasteiger partial charge < -0.3 is 5.73 Å². The van der Waals surface area contributed by atoms with E-state index < -0.39 is 0 Å². The van der Waals surface area contributed by atoms with Crippen LogP contribution in [0.4, 0.5) is 0 Å². The molecule has 1 fully saturated rings. The molecular weight excluding hydrogens is 244 g/mol. The molecule has 2 heteroatoms. The van der Waals surface area contributed by atoms with E-state index in [0.29, 0.717) is 18.0 Å². The predicted molar refractivity (Wildman–Crippen MR) is 85.7 cm³/mol. The fourth-order valence-corrected chi connectivity index (χ4v) is 3.23. The van der Waals surface area contributed by atoms with Crippen molar-refractivity contribution in [3.63, 3.8) is 0 Å². The third-order valence-electron chi connectivity index (χ3n) is 4.81. The number of hydrogen-bond donors (Lipinski definition) is 1. The van der Waals surface area contributed by atoms with Crippen LogP contribution in [-0.2, 0) is 0 Å². The Hall–Kier alpha value is -1.38. The molecule has 2 N–H and O–H groups in total. The monoisotopic (exact) mass is 268 g/mol. The van der Waals surface area contributed by atoms with Crippen LogP contribution in [0.3, 0.4) is 0 Å². The van der Waals surface area contributed by atoms with Gasteiger partial charge in [-0.05, 0) is 41.7 Å². The maximum Gasteiger partial charge on any atom is 0.0320 e. The van der Waals surface area contributed by atoms with Crippen molar-refractivity contribution in [1.29, 1.82) is 0 Å². The van der Waals surface area contributed by atoms with Crippen molar-refractivity contribution in [2.45, 2.75) is 32.4 Å². The second-order valence-electron chi connectivity index (χ2n) is 6.21. The summed E-state index contributed by atoms with van der Waals surface area (Å²) in [5.74, 6) is 0.589. The highest BCUT2D eigenvalue weighted by molar-refractivity contribution is 5.83. The summed E-state index contributed by atoms with van der Waals surface area (Å²) in [7, 11) is 0. The first-order valence-corrected chi connectivity index (χ1v) is 7.63. The van der Waals surface area contributed by atoms with E-state index in [9.17, 15) is 0 Å². The Morgan fingerprint density at radius 3 is 2.65 bits per heavy atom. The molecule has 1 saturated heterocycles. The molecule has 3 rings (SSSR count). The molecule has 0 aliphatic carbocycles. The first-order valence-electron chi connectivity index (χ1n) is 7.63. The number of piperidine rings is 1. The van der Waals surface area contributed by atoms with Crippen LogP contribution >= 0.6 is 0 Å². The quantitative estimate of drug-likeness (QED) is 0.902. The minimum atomic E-state index is 0.370. The van der Waals surface area contributed by atoms with Gasteiger partial charge in [0.1, 0.15) is 0 Å². The maximum absolute atomic E-state index is 6.13. The molecule has 0 bridgehead atoms. The van der Waals surface area contributed by atoms with E-state index in [2.05, 4.69) is 61.2 Å². The molecule has 3 unspecified atom stereocenters. The lowest BCUT2D eigenvalue weighted by molar-refractivity contribution is 0.124. The topological polar surface area (TPSA) is 29.3 Å². The number of benzene rings is 2. The molecule has 106 valence electrons. The first-order chi connectivity index (χ1) is 9.65. The number of rotatable bonds is 2. The molecule has 2 aromatic carbocycles. The van der Waals surface area contributed by atoms with Gasteiger partial charge >= 0.3 is 0 Å². The van der Waals surface area contributed by atoms with Crippen molar-refractivity contribution >= 4 is 10.8 Å². The van der Waals surface area contributed by atoms with Gasteiger partial charge in [0.15, 0.2) is 0 Å². The Balaban J connectivity index is 1.83. The van der Waals surface area contributed by atoms with Gasteiger partial charge in [-0.2, -0.15) is 0 Å². The summed E-state index contributed by atoms with van der Waals surface area (Å²) in [6.07, 6.45) is 1.11.